The topological polar surface area (TPSA) is 72.0 Å². The van der Waals surface area contributed by atoms with Crippen LogP contribution in [-0.4, -0.2) is 58.3 Å². The summed E-state index contributed by atoms with van der Waals surface area (Å²) in [6, 6.07) is 0. The van der Waals surface area contributed by atoms with Gasteiger partial charge in [-0.2, -0.15) is 0 Å². The van der Waals surface area contributed by atoms with E-state index in [1.807, 2.05) is 0 Å². The number of thioether (sulfide) groups is 1. The second kappa shape index (κ2) is 5.34. The molecule has 1 aliphatic heterocycles. The van der Waals surface area contributed by atoms with Gasteiger partial charge in [0.15, 0.2) is 0 Å². The van der Waals surface area contributed by atoms with Crippen molar-refractivity contribution in [1.82, 2.24) is 25.1 Å². The third kappa shape index (κ3) is 3.08. The molecule has 1 saturated heterocycles. The first-order chi connectivity index (χ1) is 7.36. The second-order valence-electron chi connectivity index (χ2n) is 3.46. The van der Waals surface area contributed by atoms with Gasteiger partial charge >= 0.3 is 0 Å². The normalized spacial score (nSPS) is 18.1. The van der Waals surface area contributed by atoms with Crippen LogP contribution in [0.25, 0.3) is 0 Å². The monoisotopic (exact) mass is 228 g/mol. The fraction of sp³-hybridized carbons (Fsp3) is 0.750. The molecule has 1 aliphatic rings. The lowest BCUT2D eigenvalue weighted by atomic mass is 10.4. The molecule has 0 aromatic carbocycles. The van der Waals surface area contributed by atoms with Crippen molar-refractivity contribution in [2.24, 2.45) is 0 Å². The van der Waals surface area contributed by atoms with Crippen molar-refractivity contribution < 1.29 is 0 Å². The number of nitrogens with two attached hydrogens (primary N) is 1. The lowest BCUT2D eigenvalue weighted by Crippen LogP contribution is -2.44. The van der Waals surface area contributed by atoms with Crippen LogP contribution in [0.2, 0.25) is 0 Å². The summed E-state index contributed by atoms with van der Waals surface area (Å²) in [5.74, 6) is 6.62. The van der Waals surface area contributed by atoms with Gasteiger partial charge < -0.3 is 11.2 Å². The number of nitrogens with one attached hydrogen (secondary N) is 1. The summed E-state index contributed by atoms with van der Waals surface area (Å²) in [4.78, 5) is 2.45. The third-order valence-corrected chi connectivity index (χ3v) is 3.33. The van der Waals surface area contributed by atoms with Crippen LogP contribution in [0.5, 0.6) is 0 Å². The number of rotatable bonds is 4. The third-order valence-electron chi connectivity index (χ3n) is 2.39. The van der Waals surface area contributed by atoms with Crippen LogP contribution in [0.15, 0.2) is 11.5 Å². The molecule has 6 nitrogen and oxygen atoms in total. The van der Waals surface area contributed by atoms with Gasteiger partial charge in [-0.15, -0.1) is 10.2 Å². The molecule has 0 unspecified atom stereocenters. The van der Waals surface area contributed by atoms with Crippen LogP contribution in [0.4, 0.5) is 0 Å². The predicted octanol–water partition coefficient (Wildman–Crippen LogP) is -1.01. The fourth-order valence-corrected chi connectivity index (χ4v) is 2.37. The Morgan fingerprint density at radius 3 is 2.93 bits per heavy atom. The zero-order valence-corrected chi connectivity index (χ0v) is 9.41. The fourth-order valence-electron chi connectivity index (χ4n) is 1.54. The lowest BCUT2D eigenvalue weighted by molar-refractivity contribution is 0.255. The zero-order valence-electron chi connectivity index (χ0n) is 8.59. The van der Waals surface area contributed by atoms with Gasteiger partial charge in [0.2, 0.25) is 5.16 Å². The van der Waals surface area contributed by atoms with Gasteiger partial charge in [0.25, 0.3) is 0 Å². The largest absolute Gasteiger partial charge is 0.336 e. The first-order valence-corrected chi connectivity index (χ1v) is 6.06. The number of hydrogen-bond acceptors (Lipinski definition) is 6. The van der Waals surface area contributed by atoms with Crippen molar-refractivity contribution in [2.45, 2.75) is 5.16 Å². The molecule has 7 heteroatoms. The number of hydrogen-bond donors (Lipinski definition) is 2. The van der Waals surface area contributed by atoms with E-state index < -0.39 is 0 Å². The van der Waals surface area contributed by atoms with Gasteiger partial charge in [0.1, 0.15) is 6.33 Å². The highest BCUT2D eigenvalue weighted by atomic mass is 32.2. The average Bonchev–Trinajstić information content (AvgIpc) is 2.66. The Morgan fingerprint density at radius 2 is 2.27 bits per heavy atom. The van der Waals surface area contributed by atoms with E-state index in [0.717, 1.165) is 43.6 Å². The van der Waals surface area contributed by atoms with E-state index in [9.17, 15) is 0 Å². The van der Waals surface area contributed by atoms with Gasteiger partial charge in [-0.05, 0) is 0 Å². The van der Waals surface area contributed by atoms with Gasteiger partial charge in [-0.3, -0.25) is 4.90 Å². The summed E-state index contributed by atoms with van der Waals surface area (Å²) in [6.07, 6.45) is 1.52. The van der Waals surface area contributed by atoms with E-state index >= 15 is 0 Å². The Morgan fingerprint density at radius 1 is 1.47 bits per heavy atom. The SMILES string of the molecule is Nn1cnnc1SCCN1CCNCC1. The maximum absolute atomic E-state index is 5.61. The summed E-state index contributed by atoms with van der Waals surface area (Å²) in [7, 11) is 0. The Kier molecular flexibility index (Phi) is 3.81. The number of nitrogens with zero attached hydrogens (tertiary/aromatic N) is 4. The maximum atomic E-state index is 5.61. The molecule has 1 aromatic rings. The predicted molar refractivity (Wildman–Crippen MR) is 60.2 cm³/mol. The summed E-state index contributed by atoms with van der Waals surface area (Å²) < 4.78 is 1.46. The maximum Gasteiger partial charge on any atom is 0.209 e. The molecule has 2 heterocycles. The molecule has 15 heavy (non-hydrogen) atoms. The first-order valence-electron chi connectivity index (χ1n) is 5.07. The molecule has 0 bridgehead atoms. The molecule has 0 spiro atoms. The standard InChI is InChI=1S/C8H16N6S/c9-14-7-11-12-8(14)15-6-5-13-3-1-10-2-4-13/h7,10H,1-6,9H2. The van der Waals surface area contributed by atoms with Crippen LogP contribution in [0.1, 0.15) is 0 Å². The van der Waals surface area contributed by atoms with Crippen LogP contribution in [0.3, 0.4) is 0 Å². The molecular formula is C8H16N6S. The minimum absolute atomic E-state index is 0.783. The minimum atomic E-state index is 0.783. The molecule has 1 fully saturated rings. The molecule has 2 rings (SSSR count). The molecule has 1 aromatic heterocycles. The molecule has 84 valence electrons. The highest BCUT2D eigenvalue weighted by Crippen LogP contribution is 2.12. The number of nitrogen functional groups attached to an aromatic ring is 1. The van der Waals surface area contributed by atoms with Crippen LogP contribution >= 0.6 is 11.8 Å². The van der Waals surface area contributed by atoms with Crippen molar-refractivity contribution in [2.75, 3.05) is 44.3 Å². The van der Waals surface area contributed by atoms with Crippen molar-refractivity contribution in [1.29, 1.82) is 0 Å². The van der Waals surface area contributed by atoms with Gasteiger partial charge in [0, 0.05) is 38.5 Å². The Hall–Kier alpha value is -0.790. The highest BCUT2D eigenvalue weighted by molar-refractivity contribution is 7.99. The van der Waals surface area contributed by atoms with E-state index in [-0.39, 0.29) is 0 Å². The van der Waals surface area contributed by atoms with E-state index in [4.69, 9.17) is 5.84 Å². The Labute approximate surface area is 93.2 Å². The number of aromatic nitrogens is 3. The van der Waals surface area contributed by atoms with Crippen LogP contribution in [-0.2, 0) is 0 Å². The average molecular weight is 228 g/mol. The van der Waals surface area contributed by atoms with Crippen molar-refractivity contribution in [3.63, 3.8) is 0 Å². The highest BCUT2D eigenvalue weighted by Gasteiger charge is 2.09. The molecule has 0 saturated carbocycles. The van der Waals surface area contributed by atoms with Crippen molar-refractivity contribution in [3.8, 4) is 0 Å². The van der Waals surface area contributed by atoms with Gasteiger partial charge in [-0.25, -0.2) is 4.68 Å². The van der Waals surface area contributed by atoms with Crippen molar-refractivity contribution in [3.05, 3.63) is 6.33 Å². The van der Waals surface area contributed by atoms with E-state index in [1.54, 1.807) is 11.8 Å². The summed E-state index contributed by atoms with van der Waals surface area (Å²) in [5.41, 5.74) is 0. The van der Waals surface area contributed by atoms with Crippen LogP contribution < -0.4 is 11.2 Å². The van der Waals surface area contributed by atoms with Crippen molar-refractivity contribution >= 4 is 11.8 Å². The van der Waals surface area contributed by atoms with Gasteiger partial charge in [0.05, 0.1) is 0 Å². The molecular weight excluding hydrogens is 212 g/mol. The second-order valence-corrected chi connectivity index (χ2v) is 4.52. The zero-order chi connectivity index (χ0) is 10.5. The lowest BCUT2D eigenvalue weighted by Gasteiger charge is -2.26. The molecule has 0 aliphatic carbocycles. The number of piperazine rings is 1. The molecule has 0 amide bonds. The first kappa shape index (κ1) is 10.7. The summed E-state index contributed by atoms with van der Waals surface area (Å²) in [6.45, 7) is 5.54. The molecule has 0 atom stereocenters. The van der Waals surface area contributed by atoms with Crippen LogP contribution in [0, 0.1) is 0 Å². The summed E-state index contributed by atoms with van der Waals surface area (Å²) >= 11 is 1.65. The Balaban J connectivity index is 1.68. The van der Waals surface area contributed by atoms with E-state index in [1.165, 1.54) is 11.0 Å². The minimum Gasteiger partial charge on any atom is -0.336 e. The molecule has 0 radical (unpaired) electrons. The molecule has 3 N–H and O–H groups in total. The Bertz CT molecular complexity index is 295. The van der Waals surface area contributed by atoms with E-state index in [0.29, 0.717) is 0 Å². The summed E-state index contributed by atoms with van der Waals surface area (Å²) in [5, 5.41) is 11.8. The smallest absolute Gasteiger partial charge is 0.209 e. The van der Waals surface area contributed by atoms with E-state index in [2.05, 4.69) is 20.4 Å². The van der Waals surface area contributed by atoms with Gasteiger partial charge in [-0.1, -0.05) is 11.8 Å². The quantitative estimate of drug-likeness (QED) is 0.508.